The number of aliphatic hydroxyl groups excluding tert-OH is 1. The Balaban J connectivity index is 1.60. The predicted octanol–water partition coefficient (Wildman–Crippen LogP) is -0.615. The zero-order valence-corrected chi connectivity index (χ0v) is 17.1. The maximum atomic E-state index is 11.5. The Morgan fingerprint density at radius 3 is 2.93 bits per heavy atom. The predicted molar refractivity (Wildman–Crippen MR) is 104 cm³/mol. The maximum absolute atomic E-state index is 11.5. The molecule has 1 amide bonds. The quantitative estimate of drug-likeness (QED) is 0.154. The van der Waals surface area contributed by atoms with Gasteiger partial charge in [0.1, 0.15) is 24.2 Å². The average Bonchev–Trinajstić information content (AvgIpc) is 2.68. The number of hydrogen-bond acceptors (Lipinski definition) is 10. The van der Waals surface area contributed by atoms with Gasteiger partial charge in [0.25, 0.3) is 5.09 Å². The Hall–Kier alpha value is -2.64. The standard InChI is InChI=1S/C17H25N3O9S/c21-13(11-18-7-8-19-17(22)5-2-9-28-20(23)24)12-27-15-3-1-4-16-14(15)6-10-30(25,26)29-16/h1,3-4,13,18,21H,2,5-12H2,(H,19,22). The highest BCUT2D eigenvalue weighted by atomic mass is 32.2. The first-order valence-electron chi connectivity index (χ1n) is 9.36. The molecule has 1 aliphatic heterocycles. The van der Waals surface area contributed by atoms with Crippen molar-refractivity contribution < 1.29 is 37.2 Å². The first-order chi connectivity index (χ1) is 14.3. The molecule has 1 aromatic carbocycles. The van der Waals surface area contributed by atoms with Crippen LogP contribution in [-0.4, -0.2) is 69.2 Å². The van der Waals surface area contributed by atoms with E-state index in [1.54, 1.807) is 18.2 Å². The molecule has 1 atom stereocenters. The SMILES string of the molecule is O=C(CCCO[N+](=O)[O-])NCCNCC(O)COc1cccc2c1CCS(=O)(=O)O2. The molecule has 0 aromatic heterocycles. The fourth-order valence-corrected chi connectivity index (χ4v) is 3.64. The van der Waals surface area contributed by atoms with Gasteiger partial charge in [-0.1, -0.05) is 6.07 Å². The monoisotopic (exact) mass is 447 g/mol. The molecule has 3 N–H and O–H groups in total. The van der Waals surface area contributed by atoms with Gasteiger partial charge in [0.05, 0.1) is 12.4 Å². The Morgan fingerprint density at radius 2 is 2.17 bits per heavy atom. The van der Waals surface area contributed by atoms with Gasteiger partial charge < -0.3 is 29.5 Å². The van der Waals surface area contributed by atoms with Crippen LogP contribution in [0.5, 0.6) is 11.5 Å². The first-order valence-corrected chi connectivity index (χ1v) is 10.9. The van der Waals surface area contributed by atoms with Crippen molar-refractivity contribution in [3.05, 3.63) is 33.9 Å². The smallest absolute Gasteiger partial charge is 0.309 e. The van der Waals surface area contributed by atoms with E-state index in [0.717, 1.165) is 0 Å². The van der Waals surface area contributed by atoms with Crippen LogP contribution in [0.1, 0.15) is 18.4 Å². The van der Waals surface area contributed by atoms with Crippen LogP contribution in [0.3, 0.4) is 0 Å². The van der Waals surface area contributed by atoms with Gasteiger partial charge in [0, 0.05) is 31.6 Å². The summed E-state index contributed by atoms with van der Waals surface area (Å²) in [5, 5.41) is 24.7. The second-order valence-corrected chi connectivity index (χ2v) is 8.20. The van der Waals surface area contributed by atoms with E-state index in [1.807, 2.05) is 0 Å². The zero-order chi connectivity index (χ0) is 22.0. The van der Waals surface area contributed by atoms with Gasteiger partial charge in [-0.15, -0.1) is 10.1 Å². The summed E-state index contributed by atoms with van der Waals surface area (Å²) in [7, 11) is -3.56. The molecule has 0 radical (unpaired) electrons. The number of carbonyl (C=O) groups excluding carboxylic acids is 1. The summed E-state index contributed by atoms with van der Waals surface area (Å²) in [4.78, 5) is 25.6. The minimum Gasteiger partial charge on any atom is -0.490 e. The summed E-state index contributed by atoms with van der Waals surface area (Å²) in [6, 6.07) is 4.86. The lowest BCUT2D eigenvalue weighted by molar-refractivity contribution is -0.757. The highest BCUT2D eigenvalue weighted by molar-refractivity contribution is 7.87. The summed E-state index contributed by atoms with van der Waals surface area (Å²) in [6.07, 6.45) is -0.170. The van der Waals surface area contributed by atoms with Crippen molar-refractivity contribution in [2.24, 2.45) is 0 Å². The van der Waals surface area contributed by atoms with Gasteiger partial charge in [-0.25, -0.2) is 0 Å². The highest BCUT2D eigenvalue weighted by Crippen LogP contribution is 2.33. The second-order valence-electron chi connectivity index (χ2n) is 6.51. The number of benzene rings is 1. The van der Waals surface area contributed by atoms with Crippen LogP contribution in [-0.2, 0) is 26.2 Å². The molecule has 1 heterocycles. The molecule has 0 bridgehead atoms. The van der Waals surface area contributed by atoms with Gasteiger partial charge >= 0.3 is 10.1 Å². The van der Waals surface area contributed by atoms with Gasteiger partial charge in [0.2, 0.25) is 5.91 Å². The number of aliphatic hydroxyl groups is 1. The van der Waals surface area contributed by atoms with Crippen LogP contribution in [0.4, 0.5) is 0 Å². The number of amides is 1. The molecular formula is C17H25N3O9S. The van der Waals surface area contributed by atoms with E-state index in [9.17, 15) is 28.4 Å². The number of ether oxygens (including phenoxy) is 1. The molecule has 13 heteroatoms. The Morgan fingerprint density at radius 1 is 1.37 bits per heavy atom. The molecule has 168 valence electrons. The summed E-state index contributed by atoms with van der Waals surface area (Å²) in [5.41, 5.74) is 0.652. The van der Waals surface area contributed by atoms with Crippen LogP contribution in [0.2, 0.25) is 0 Å². The van der Waals surface area contributed by atoms with E-state index in [0.29, 0.717) is 24.4 Å². The normalized spacial score (nSPS) is 15.4. The highest BCUT2D eigenvalue weighted by Gasteiger charge is 2.25. The summed E-state index contributed by atoms with van der Waals surface area (Å²) >= 11 is 0. The van der Waals surface area contributed by atoms with E-state index in [-0.39, 0.29) is 56.4 Å². The van der Waals surface area contributed by atoms with Crippen LogP contribution in [0.15, 0.2) is 18.2 Å². The third kappa shape index (κ3) is 8.39. The molecule has 0 fully saturated rings. The largest absolute Gasteiger partial charge is 0.490 e. The Labute approximate surface area is 173 Å². The van der Waals surface area contributed by atoms with E-state index in [2.05, 4.69) is 15.5 Å². The van der Waals surface area contributed by atoms with Crippen LogP contribution < -0.4 is 19.6 Å². The molecule has 1 unspecified atom stereocenters. The van der Waals surface area contributed by atoms with Crippen molar-refractivity contribution in [3.8, 4) is 11.5 Å². The molecule has 0 spiro atoms. The Kier molecular flexibility index (Phi) is 9.08. The fraction of sp³-hybridized carbons (Fsp3) is 0.588. The molecule has 0 saturated carbocycles. The molecule has 30 heavy (non-hydrogen) atoms. The maximum Gasteiger partial charge on any atom is 0.309 e. The topological polar surface area (TPSA) is 166 Å². The van der Waals surface area contributed by atoms with Crippen molar-refractivity contribution >= 4 is 16.0 Å². The van der Waals surface area contributed by atoms with Crippen LogP contribution in [0, 0.1) is 10.1 Å². The van der Waals surface area contributed by atoms with Crippen molar-refractivity contribution in [1.29, 1.82) is 0 Å². The lowest BCUT2D eigenvalue weighted by Gasteiger charge is -2.21. The number of carbonyl (C=O) groups is 1. The van der Waals surface area contributed by atoms with Gasteiger partial charge in [-0.2, -0.15) is 8.42 Å². The van der Waals surface area contributed by atoms with Crippen molar-refractivity contribution in [3.63, 3.8) is 0 Å². The number of rotatable bonds is 13. The van der Waals surface area contributed by atoms with Crippen molar-refractivity contribution in [2.45, 2.75) is 25.4 Å². The second kappa shape index (κ2) is 11.5. The third-order valence-corrected chi connectivity index (χ3v) is 5.23. The van der Waals surface area contributed by atoms with E-state index >= 15 is 0 Å². The molecule has 1 aromatic rings. The first kappa shape index (κ1) is 23.6. The lowest BCUT2D eigenvalue weighted by atomic mass is 10.1. The van der Waals surface area contributed by atoms with Crippen LogP contribution in [0.25, 0.3) is 0 Å². The minimum absolute atomic E-state index is 0.000983. The number of nitrogens with zero attached hydrogens (tertiary/aromatic N) is 1. The molecule has 2 rings (SSSR count). The van der Waals surface area contributed by atoms with Crippen molar-refractivity contribution in [1.82, 2.24) is 10.6 Å². The van der Waals surface area contributed by atoms with E-state index in [4.69, 9.17) is 8.92 Å². The molecular weight excluding hydrogens is 422 g/mol. The number of fused-ring (bicyclic) bond motifs is 1. The molecule has 0 saturated heterocycles. The molecule has 12 nitrogen and oxygen atoms in total. The average molecular weight is 447 g/mol. The fourth-order valence-electron chi connectivity index (χ4n) is 2.67. The number of hydrogen-bond donors (Lipinski definition) is 3. The van der Waals surface area contributed by atoms with Crippen LogP contribution >= 0.6 is 0 Å². The number of nitrogens with one attached hydrogen (secondary N) is 2. The Bertz CT molecular complexity index is 832. The summed E-state index contributed by atoms with van der Waals surface area (Å²) in [5.74, 6) is 0.339. The van der Waals surface area contributed by atoms with E-state index < -0.39 is 21.3 Å². The van der Waals surface area contributed by atoms with Gasteiger partial charge in [-0.3, -0.25) is 4.79 Å². The lowest BCUT2D eigenvalue weighted by Crippen LogP contribution is -2.37. The minimum atomic E-state index is -3.56. The van der Waals surface area contributed by atoms with Crippen molar-refractivity contribution in [2.75, 3.05) is 38.6 Å². The van der Waals surface area contributed by atoms with Gasteiger partial charge in [-0.05, 0) is 25.0 Å². The molecule has 0 aliphatic carbocycles. The molecule has 1 aliphatic rings. The summed E-state index contributed by atoms with van der Waals surface area (Å²) in [6.45, 7) is 0.851. The third-order valence-electron chi connectivity index (χ3n) is 4.09. The zero-order valence-electron chi connectivity index (χ0n) is 16.2. The van der Waals surface area contributed by atoms with E-state index in [1.165, 1.54) is 0 Å². The summed E-state index contributed by atoms with van der Waals surface area (Å²) < 4.78 is 33.6. The van der Waals surface area contributed by atoms with Gasteiger partial charge in [0.15, 0.2) is 0 Å².